The number of halogens is 1. The molecule has 0 aromatic heterocycles. The molecule has 7 nitrogen and oxygen atoms in total. The average molecular weight is 267 g/mol. The van der Waals surface area contributed by atoms with Crippen molar-refractivity contribution in [3.8, 4) is 0 Å². The van der Waals surface area contributed by atoms with E-state index in [1.807, 2.05) is 0 Å². The standard InChI is InChI=1S/C7H7ClN2O5S/c8-6-1-2-7(10(11)12)5(3-6)4-15-16(9,13)14/h1-3H,4H2,(H2,9,13,14). The van der Waals surface area contributed by atoms with E-state index in [4.69, 9.17) is 11.6 Å². The average Bonchev–Trinajstić information content (AvgIpc) is 2.13. The topological polar surface area (TPSA) is 113 Å². The SMILES string of the molecule is NS(=O)(=O)OCc1cc(Cl)ccc1[N+](=O)[O-]. The Morgan fingerprint density at radius 1 is 1.50 bits per heavy atom. The third-order valence-corrected chi connectivity index (χ3v) is 2.30. The molecule has 2 N–H and O–H groups in total. The van der Waals surface area contributed by atoms with E-state index in [9.17, 15) is 18.5 Å². The molecule has 9 heteroatoms. The van der Waals surface area contributed by atoms with Crippen LogP contribution < -0.4 is 5.14 Å². The molecule has 0 saturated carbocycles. The quantitative estimate of drug-likeness (QED) is 0.644. The zero-order valence-corrected chi connectivity index (χ0v) is 9.36. The molecule has 0 radical (unpaired) electrons. The van der Waals surface area contributed by atoms with Crippen LogP contribution in [0.3, 0.4) is 0 Å². The van der Waals surface area contributed by atoms with Gasteiger partial charge < -0.3 is 0 Å². The highest BCUT2D eigenvalue weighted by Crippen LogP contribution is 2.23. The van der Waals surface area contributed by atoms with Gasteiger partial charge in [-0.25, -0.2) is 5.14 Å². The van der Waals surface area contributed by atoms with Crippen LogP contribution in [-0.2, 0) is 21.1 Å². The Labute approximate surface area is 96.2 Å². The smallest absolute Gasteiger partial charge is 0.258 e. The van der Waals surface area contributed by atoms with Crippen molar-refractivity contribution in [1.29, 1.82) is 0 Å². The van der Waals surface area contributed by atoms with E-state index in [0.29, 0.717) is 0 Å². The molecular formula is C7H7ClN2O5S. The highest BCUT2D eigenvalue weighted by Gasteiger charge is 2.15. The number of hydrogen-bond donors (Lipinski definition) is 1. The lowest BCUT2D eigenvalue weighted by atomic mass is 10.2. The third kappa shape index (κ3) is 3.74. The molecule has 16 heavy (non-hydrogen) atoms. The Bertz CT molecular complexity index is 516. The fourth-order valence-corrected chi connectivity index (χ4v) is 1.48. The molecule has 0 aliphatic heterocycles. The van der Waals surface area contributed by atoms with Crippen molar-refractivity contribution >= 4 is 27.6 Å². The fraction of sp³-hybridized carbons (Fsp3) is 0.143. The number of hydrogen-bond acceptors (Lipinski definition) is 5. The molecule has 1 aromatic rings. The summed E-state index contributed by atoms with van der Waals surface area (Å²) in [5.41, 5.74) is -0.250. The molecule has 1 aromatic carbocycles. The van der Waals surface area contributed by atoms with E-state index in [-0.39, 0.29) is 16.3 Å². The largest absolute Gasteiger partial charge is 0.333 e. The van der Waals surface area contributed by atoms with Crippen molar-refractivity contribution in [3.05, 3.63) is 38.9 Å². The minimum atomic E-state index is -4.14. The van der Waals surface area contributed by atoms with Crippen LogP contribution in [-0.4, -0.2) is 13.3 Å². The summed E-state index contributed by atoms with van der Waals surface area (Å²) in [4.78, 5) is 9.92. The second-order valence-corrected chi connectivity index (χ2v) is 4.44. The first-order valence-corrected chi connectivity index (χ1v) is 5.74. The number of rotatable bonds is 4. The van der Waals surface area contributed by atoms with Crippen LogP contribution in [0.15, 0.2) is 18.2 Å². The van der Waals surface area contributed by atoms with Crippen LogP contribution >= 0.6 is 11.6 Å². The summed E-state index contributed by atoms with van der Waals surface area (Å²) in [7, 11) is -4.14. The third-order valence-electron chi connectivity index (χ3n) is 1.62. The van der Waals surface area contributed by atoms with Crippen molar-refractivity contribution in [2.75, 3.05) is 0 Å². The first kappa shape index (κ1) is 12.8. The molecule has 0 heterocycles. The molecule has 0 spiro atoms. The number of nitrogens with zero attached hydrogens (tertiary/aromatic N) is 1. The normalized spacial score (nSPS) is 11.4. The van der Waals surface area contributed by atoms with E-state index in [0.717, 1.165) is 6.07 Å². The van der Waals surface area contributed by atoms with Gasteiger partial charge in [-0.05, 0) is 12.1 Å². The van der Waals surface area contributed by atoms with Gasteiger partial charge in [-0.3, -0.25) is 14.3 Å². The highest BCUT2D eigenvalue weighted by molar-refractivity contribution is 7.84. The van der Waals surface area contributed by atoms with Crippen molar-refractivity contribution in [1.82, 2.24) is 0 Å². The first-order valence-electron chi connectivity index (χ1n) is 3.89. The van der Waals surface area contributed by atoms with Gasteiger partial charge in [0.1, 0.15) is 0 Å². The first-order chi connectivity index (χ1) is 7.29. The van der Waals surface area contributed by atoms with Gasteiger partial charge in [0.15, 0.2) is 0 Å². The van der Waals surface area contributed by atoms with Gasteiger partial charge in [0, 0.05) is 11.1 Å². The summed E-state index contributed by atoms with van der Waals surface area (Å²) in [5, 5.41) is 15.4. The van der Waals surface area contributed by atoms with Gasteiger partial charge in [0.05, 0.1) is 17.1 Å². The van der Waals surface area contributed by atoms with Crippen molar-refractivity contribution in [2.45, 2.75) is 6.61 Å². The number of nitro groups is 1. The maximum absolute atomic E-state index is 10.6. The molecule has 88 valence electrons. The molecule has 1 rings (SSSR count). The van der Waals surface area contributed by atoms with Crippen LogP contribution in [0.4, 0.5) is 5.69 Å². The van der Waals surface area contributed by atoms with Gasteiger partial charge >= 0.3 is 10.3 Å². The Morgan fingerprint density at radius 2 is 2.12 bits per heavy atom. The summed E-state index contributed by atoms with van der Waals surface area (Å²) in [6.07, 6.45) is 0. The summed E-state index contributed by atoms with van der Waals surface area (Å²) >= 11 is 5.61. The summed E-state index contributed by atoms with van der Waals surface area (Å²) in [6.45, 7) is -0.532. The number of nitro benzene ring substituents is 1. The molecule has 0 aliphatic carbocycles. The second kappa shape index (κ2) is 4.74. The summed E-state index contributed by atoms with van der Waals surface area (Å²) < 4.78 is 25.3. The van der Waals surface area contributed by atoms with E-state index >= 15 is 0 Å². The summed E-state index contributed by atoms with van der Waals surface area (Å²) in [6, 6.07) is 3.72. The zero-order valence-electron chi connectivity index (χ0n) is 7.79. The lowest BCUT2D eigenvalue weighted by Crippen LogP contribution is -2.15. The minimum Gasteiger partial charge on any atom is -0.258 e. The number of nitrogens with two attached hydrogens (primary N) is 1. The van der Waals surface area contributed by atoms with Crippen molar-refractivity contribution < 1.29 is 17.5 Å². The van der Waals surface area contributed by atoms with E-state index in [1.54, 1.807) is 0 Å². The molecule has 0 fully saturated rings. The fourth-order valence-electron chi connectivity index (χ4n) is 0.993. The van der Waals surface area contributed by atoms with Gasteiger partial charge in [-0.2, -0.15) is 8.42 Å². The predicted octanol–water partition coefficient (Wildman–Crippen LogP) is 0.968. The Hall–Kier alpha value is -1.22. The monoisotopic (exact) mass is 266 g/mol. The van der Waals surface area contributed by atoms with E-state index in [1.165, 1.54) is 12.1 Å². The van der Waals surface area contributed by atoms with Crippen LogP contribution in [0.2, 0.25) is 5.02 Å². The Balaban J connectivity index is 3.01. The number of benzene rings is 1. The van der Waals surface area contributed by atoms with E-state index in [2.05, 4.69) is 9.32 Å². The molecule has 0 amide bonds. The predicted molar refractivity (Wildman–Crippen MR) is 56.0 cm³/mol. The molecule has 0 unspecified atom stereocenters. The molecular weight excluding hydrogens is 260 g/mol. The Kier molecular flexibility index (Phi) is 3.81. The lowest BCUT2D eigenvalue weighted by molar-refractivity contribution is -0.385. The van der Waals surface area contributed by atoms with E-state index < -0.39 is 21.8 Å². The lowest BCUT2D eigenvalue weighted by Gasteiger charge is -2.03. The summed E-state index contributed by atoms with van der Waals surface area (Å²) in [5.74, 6) is 0. The second-order valence-electron chi connectivity index (χ2n) is 2.79. The molecule has 0 saturated heterocycles. The van der Waals surface area contributed by atoms with Gasteiger partial charge in [-0.15, -0.1) is 0 Å². The van der Waals surface area contributed by atoms with Crippen LogP contribution in [0.25, 0.3) is 0 Å². The highest BCUT2D eigenvalue weighted by atomic mass is 35.5. The van der Waals surface area contributed by atoms with Crippen molar-refractivity contribution in [2.24, 2.45) is 5.14 Å². The molecule has 0 bridgehead atoms. The van der Waals surface area contributed by atoms with Gasteiger partial charge in [0.25, 0.3) is 5.69 Å². The minimum absolute atomic E-state index is 0.0338. The maximum atomic E-state index is 10.6. The van der Waals surface area contributed by atoms with Crippen LogP contribution in [0, 0.1) is 10.1 Å². The zero-order chi connectivity index (χ0) is 12.3. The van der Waals surface area contributed by atoms with Gasteiger partial charge in [-0.1, -0.05) is 11.6 Å². The van der Waals surface area contributed by atoms with Crippen LogP contribution in [0.5, 0.6) is 0 Å². The Morgan fingerprint density at radius 3 is 2.62 bits per heavy atom. The van der Waals surface area contributed by atoms with Crippen LogP contribution in [0.1, 0.15) is 5.56 Å². The van der Waals surface area contributed by atoms with Gasteiger partial charge in [0.2, 0.25) is 0 Å². The molecule has 0 aliphatic rings. The maximum Gasteiger partial charge on any atom is 0.333 e. The van der Waals surface area contributed by atoms with Crippen molar-refractivity contribution in [3.63, 3.8) is 0 Å². The molecule has 0 atom stereocenters.